The highest BCUT2D eigenvalue weighted by atomic mass is 35.5. The van der Waals surface area contributed by atoms with Crippen LogP contribution in [0.2, 0.25) is 5.02 Å². The van der Waals surface area contributed by atoms with Crippen LogP contribution in [0.4, 0.5) is 5.69 Å². The number of aryl methyl sites for hydroxylation is 2. The van der Waals surface area contributed by atoms with Crippen LogP contribution < -0.4 is 15.4 Å². The fourth-order valence-corrected chi connectivity index (χ4v) is 2.92. The zero-order valence-corrected chi connectivity index (χ0v) is 18.5. The monoisotopic (exact) mass is 473 g/mol. The molecule has 0 aliphatic carbocycles. The molecule has 0 bridgehead atoms. The molecule has 3 rings (SSSR count). The lowest BCUT2D eigenvalue weighted by molar-refractivity contribution is -0.384. The quantitative estimate of drug-likeness (QED) is 0.273. The van der Waals surface area contributed by atoms with E-state index in [4.69, 9.17) is 20.9 Å². The maximum absolute atomic E-state index is 12.1. The van der Waals surface area contributed by atoms with E-state index in [1.54, 1.807) is 12.1 Å². The molecule has 0 saturated carbocycles. The van der Waals surface area contributed by atoms with Crippen LogP contribution in [0, 0.1) is 24.0 Å². The van der Waals surface area contributed by atoms with E-state index in [9.17, 15) is 19.7 Å². The van der Waals surface area contributed by atoms with Crippen molar-refractivity contribution in [3.05, 3.63) is 68.6 Å². The molecular formula is C21H20ClN5O6. The third-order valence-corrected chi connectivity index (χ3v) is 5.07. The molecule has 11 nitrogen and oxygen atoms in total. The van der Waals surface area contributed by atoms with Gasteiger partial charge in [0.05, 0.1) is 4.92 Å². The topological polar surface area (TPSA) is 149 Å². The number of hydrogen-bond donors (Lipinski definition) is 2. The summed E-state index contributed by atoms with van der Waals surface area (Å²) in [6, 6.07) is 9.00. The average Bonchev–Trinajstić information content (AvgIpc) is 3.29. The van der Waals surface area contributed by atoms with Gasteiger partial charge in [-0.25, -0.2) is 0 Å². The number of nitrogens with zero attached hydrogens (tertiary/aromatic N) is 3. The van der Waals surface area contributed by atoms with Crippen LogP contribution in [-0.4, -0.2) is 46.6 Å². The molecular weight excluding hydrogens is 454 g/mol. The lowest BCUT2D eigenvalue weighted by Crippen LogP contribution is -2.36. The van der Waals surface area contributed by atoms with Gasteiger partial charge in [0.25, 0.3) is 11.6 Å². The Morgan fingerprint density at radius 1 is 1.12 bits per heavy atom. The molecule has 0 unspecified atom stereocenters. The number of carbonyl (C=O) groups excluding carboxylic acids is 2. The summed E-state index contributed by atoms with van der Waals surface area (Å²) in [5.74, 6) is -0.584. The van der Waals surface area contributed by atoms with Crippen LogP contribution in [0.25, 0.3) is 11.4 Å². The van der Waals surface area contributed by atoms with Crippen LogP contribution in [-0.2, 0) is 4.79 Å². The largest absolute Gasteiger partial charge is 0.484 e. The number of ether oxygens (including phenoxy) is 1. The first kappa shape index (κ1) is 23.7. The summed E-state index contributed by atoms with van der Waals surface area (Å²) in [6.07, 6.45) is 0. The molecule has 33 heavy (non-hydrogen) atoms. The molecule has 0 fully saturated rings. The highest BCUT2D eigenvalue weighted by Crippen LogP contribution is 2.25. The number of non-ortho nitro benzene ring substituents is 1. The van der Waals surface area contributed by atoms with Gasteiger partial charge in [-0.15, -0.1) is 0 Å². The van der Waals surface area contributed by atoms with E-state index in [-0.39, 0.29) is 43.0 Å². The molecule has 0 aliphatic rings. The van der Waals surface area contributed by atoms with Crippen LogP contribution in [0.3, 0.4) is 0 Å². The predicted molar refractivity (Wildman–Crippen MR) is 118 cm³/mol. The molecule has 12 heteroatoms. The van der Waals surface area contributed by atoms with Crippen molar-refractivity contribution < 1.29 is 23.8 Å². The van der Waals surface area contributed by atoms with Crippen molar-refractivity contribution in [2.75, 3.05) is 19.7 Å². The summed E-state index contributed by atoms with van der Waals surface area (Å²) < 4.78 is 10.4. The minimum atomic E-state index is -0.617. The number of amides is 2. The second-order valence-electron chi connectivity index (χ2n) is 6.99. The van der Waals surface area contributed by atoms with Gasteiger partial charge in [-0.1, -0.05) is 16.8 Å². The number of nitrogens with one attached hydrogen (secondary N) is 2. The number of halogens is 1. The molecule has 0 spiro atoms. The highest BCUT2D eigenvalue weighted by Gasteiger charge is 2.16. The Hall–Kier alpha value is -3.99. The molecule has 2 N–H and O–H groups in total. The highest BCUT2D eigenvalue weighted by molar-refractivity contribution is 6.32. The van der Waals surface area contributed by atoms with Gasteiger partial charge in [0.2, 0.25) is 5.82 Å². The summed E-state index contributed by atoms with van der Waals surface area (Å²) >= 11 is 6.11. The van der Waals surface area contributed by atoms with E-state index in [2.05, 4.69) is 20.8 Å². The van der Waals surface area contributed by atoms with Gasteiger partial charge in [-0.05, 0) is 49.2 Å². The fourth-order valence-electron chi connectivity index (χ4n) is 2.81. The van der Waals surface area contributed by atoms with Gasteiger partial charge in [0.1, 0.15) is 5.75 Å². The molecule has 2 aromatic carbocycles. The van der Waals surface area contributed by atoms with Crippen molar-refractivity contribution in [2.24, 2.45) is 0 Å². The molecule has 0 saturated heterocycles. The van der Waals surface area contributed by atoms with Gasteiger partial charge in [-0.3, -0.25) is 19.7 Å². The lowest BCUT2D eigenvalue weighted by atomic mass is 10.1. The normalized spacial score (nSPS) is 10.5. The standard InChI is InChI=1S/C21H20ClN5O6/c1-12-9-16(10-13(2)18(12)22)32-11-17(28)23-7-8-24-20(29)21-25-19(26-33-21)14-3-5-15(6-4-14)27(30)31/h3-6,9-10H,7-8,11H2,1-2H3,(H,23,28)(H,24,29). The van der Waals surface area contributed by atoms with E-state index in [1.807, 2.05) is 13.8 Å². The van der Waals surface area contributed by atoms with Crippen molar-refractivity contribution >= 4 is 29.1 Å². The third kappa shape index (κ3) is 6.26. The first-order valence-electron chi connectivity index (χ1n) is 9.77. The van der Waals surface area contributed by atoms with E-state index in [0.717, 1.165) is 11.1 Å². The summed E-state index contributed by atoms with van der Waals surface area (Å²) in [5.41, 5.74) is 2.09. The number of rotatable bonds is 9. The van der Waals surface area contributed by atoms with Crippen molar-refractivity contribution in [3.8, 4) is 17.1 Å². The van der Waals surface area contributed by atoms with E-state index in [1.165, 1.54) is 24.3 Å². The number of nitro benzene ring substituents is 1. The smallest absolute Gasteiger partial charge is 0.316 e. The summed E-state index contributed by atoms with van der Waals surface area (Å²) in [4.78, 5) is 38.2. The SMILES string of the molecule is Cc1cc(OCC(=O)NCCNC(=O)c2nc(-c3ccc([N+](=O)[O-])cc3)no2)cc(C)c1Cl. The van der Waals surface area contributed by atoms with Crippen molar-refractivity contribution in [2.45, 2.75) is 13.8 Å². The van der Waals surface area contributed by atoms with Crippen LogP contribution in [0.5, 0.6) is 5.75 Å². The summed E-state index contributed by atoms with van der Waals surface area (Å²) in [6.45, 7) is 3.80. The molecule has 2 amide bonds. The number of aromatic nitrogens is 2. The van der Waals surface area contributed by atoms with E-state index < -0.39 is 10.8 Å². The predicted octanol–water partition coefficient (Wildman–Crippen LogP) is 2.84. The molecule has 3 aromatic rings. The Balaban J connectivity index is 1.41. The number of hydrogen-bond acceptors (Lipinski definition) is 8. The number of benzene rings is 2. The molecule has 0 aliphatic heterocycles. The second-order valence-corrected chi connectivity index (χ2v) is 7.37. The third-order valence-electron chi connectivity index (χ3n) is 4.47. The summed E-state index contributed by atoms with van der Waals surface area (Å²) in [7, 11) is 0. The number of nitro groups is 1. The Kier molecular flexibility index (Phi) is 7.57. The zero-order chi connectivity index (χ0) is 24.0. The Morgan fingerprint density at radius 2 is 1.76 bits per heavy atom. The minimum Gasteiger partial charge on any atom is -0.484 e. The van der Waals surface area contributed by atoms with Crippen molar-refractivity contribution in [1.82, 2.24) is 20.8 Å². The zero-order valence-electron chi connectivity index (χ0n) is 17.8. The van der Waals surface area contributed by atoms with Crippen LogP contribution >= 0.6 is 11.6 Å². The molecule has 0 radical (unpaired) electrons. The van der Waals surface area contributed by atoms with Gasteiger partial charge in [0.15, 0.2) is 6.61 Å². The van der Waals surface area contributed by atoms with Gasteiger partial charge < -0.3 is 19.9 Å². The average molecular weight is 474 g/mol. The second kappa shape index (κ2) is 10.6. The summed E-state index contributed by atoms with van der Waals surface area (Å²) in [5, 5.41) is 20.2. The van der Waals surface area contributed by atoms with Gasteiger partial charge >= 0.3 is 11.8 Å². The van der Waals surface area contributed by atoms with Crippen LogP contribution in [0.1, 0.15) is 21.8 Å². The van der Waals surface area contributed by atoms with Gasteiger partial charge in [0, 0.05) is 35.8 Å². The Bertz CT molecular complexity index is 1160. The van der Waals surface area contributed by atoms with Gasteiger partial charge in [-0.2, -0.15) is 4.98 Å². The first-order chi connectivity index (χ1) is 15.7. The van der Waals surface area contributed by atoms with Crippen molar-refractivity contribution in [3.63, 3.8) is 0 Å². The lowest BCUT2D eigenvalue weighted by Gasteiger charge is -2.10. The fraction of sp³-hybridized carbons (Fsp3) is 0.238. The maximum Gasteiger partial charge on any atom is 0.316 e. The van der Waals surface area contributed by atoms with Crippen LogP contribution in [0.15, 0.2) is 40.9 Å². The first-order valence-corrected chi connectivity index (χ1v) is 10.2. The number of carbonyl (C=O) groups is 2. The molecule has 1 aromatic heterocycles. The van der Waals surface area contributed by atoms with E-state index >= 15 is 0 Å². The Morgan fingerprint density at radius 3 is 2.39 bits per heavy atom. The minimum absolute atomic E-state index is 0.0777. The molecule has 0 atom stereocenters. The van der Waals surface area contributed by atoms with E-state index in [0.29, 0.717) is 16.3 Å². The maximum atomic E-state index is 12.1. The molecule has 1 heterocycles. The Labute approximate surface area is 193 Å². The molecule has 172 valence electrons. The van der Waals surface area contributed by atoms with Crippen molar-refractivity contribution in [1.29, 1.82) is 0 Å².